The van der Waals surface area contributed by atoms with Crippen LogP contribution in [-0.4, -0.2) is 30.9 Å². The van der Waals surface area contributed by atoms with Gasteiger partial charge in [-0.2, -0.15) is 0 Å². The number of fused-ring (bicyclic) bond motifs is 1. The van der Waals surface area contributed by atoms with Crippen LogP contribution in [0.5, 0.6) is 0 Å². The van der Waals surface area contributed by atoms with Gasteiger partial charge in [0.15, 0.2) is 10.8 Å². The van der Waals surface area contributed by atoms with Gasteiger partial charge in [-0.25, -0.2) is 0 Å². The molecular weight excluding hydrogens is 238 g/mol. The predicted molar refractivity (Wildman–Crippen MR) is 65.1 cm³/mol. The Hall–Kier alpha value is -1.56. The summed E-state index contributed by atoms with van der Waals surface area (Å²) < 4.78 is 1.86. The van der Waals surface area contributed by atoms with Crippen molar-refractivity contribution in [2.75, 3.05) is 0 Å². The van der Waals surface area contributed by atoms with Crippen LogP contribution in [0.4, 0.5) is 0 Å². The zero-order valence-corrected chi connectivity index (χ0v) is 10.4. The summed E-state index contributed by atoms with van der Waals surface area (Å²) in [6.45, 7) is 3.58. The molecule has 2 unspecified atom stereocenters. The quantitative estimate of drug-likeness (QED) is 0.841. The fourth-order valence-corrected chi connectivity index (χ4v) is 2.38. The fourth-order valence-electron chi connectivity index (χ4n) is 1.37. The largest absolute Gasteiger partial charge is 0.481 e. The molecule has 0 aliphatic heterocycles. The minimum absolute atomic E-state index is 0.0555. The molecule has 2 rings (SSSR count). The Labute approximate surface area is 103 Å². The van der Waals surface area contributed by atoms with Gasteiger partial charge in [-0.3, -0.25) is 9.20 Å². The lowest BCUT2D eigenvalue weighted by Crippen LogP contribution is -2.20. The monoisotopic (exact) mass is 251 g/mol. The molecule has 6 heteroatoms. The van der Waals surface area contributed by atoms with Crippen LogP contribution in [0.25, 0.3) is 5.65 Å². The van der Waals surface area contributed by atoms with Gasteiger partial charge in [-0.05, 0) is 12.1 Å². The zero-order valence-electron chi connectivity index (χ0n) is 9.57. The number of aromatic nitrogens is 3. The normalized spacial score (nSPS) is 14.7. The molecular formula is C11H13N3O2S. The van der Waals surface area contributed by atoms with Crippen LogP contribution in [0.1, 0.15) is 13.8 Å². The molecule has 0 radical (unpaired) electrons. The average molecular weight is 251 g/mol. The van der Waals surface area contributed by atoms with Crippen LogP contribution in [0.2, 0.25) is 0 Å². The molecule has 0 amide bonds. The number of rotatable bonds is 4. The summed E-state index contributed by atoms with van der Waals surface area (Å²) >= 11 is 1.42. The van der Waals surface area contributed by atoms with Crippen molar-refractivity contribution in [2.45, 2.75) is 24.3 Å². The van der Waals surface area contributed by atoms with Crippen molar-refractivity contribution in [3.63, 3.8) is 0 Å². The first kappa shape index (κ1) is 11.9. The minimum atomic E-state index is -0.793. The van der Waals surface area contributed by atoms with Gasteiger partial charge in [-0.1, -0.05) is 31.7 Å². The van der Waals surface area contributed by atoms with Crippen molar-refractivity contribution in [2.24, 2.45) is 5.92 Å². The lowest BCUT2D eigenvalue weighted by Gasteiger charge is -2.13. The lowest BCUT2D eigenvalue weighted by atomic mass is 10.1. The summed E-state index contributed by atoms with van der Waals surface area (Å²) in [5.74, 6) is -1.21. The number of pyridine rings is 1. The molecule has 2 aromatic rings. The van der Waals surface area contributed by atoms with Crippen molar-refractivity contribution >= 4 is 23.4 Å². The van der Waals surface area contributed by atoms with E-state index in [0.717, 1.165) is 10.8 Å². The second kappa shape index (κ2) is 4.75. The Morgan fingerprint density at radius 1 is 1.41 bits per heavy atom. The molecule has 90 valence electrons. The number of carboxylic acids is 1. The van der Waals surface area contributed by atoms with Gasteiger partial charge in [0, 0.05) is 11.4 Å². The third kappa shape index (κ3) is 2.41. The molecule has 2 aromatic heterocycles. The molecule has 0 aromatic carbocycles. The fraction of sp³-hybridized carbons (Fsp3) is 0.364. The molecule has 0 saturated heterocycles. The van der Waals surface area contributed by atoms with E-state index in [0.29, 0.717) is 0 Å². The Morgan fingerprint density at radius 2 is 2.18 bits per heavy atom. The molecule has 2 atom stereocenters. The van der Waals surface area contributed by atoms with Crippen LogP contribution >= 0.6 is 11.8 Å². The maximum atomic E-state index is 10.9. The number of hydrogen-bond donors (Lipinski definition) is 1. The first-order valence-electron chi connectivity index (χ1n) is 5.29. The van der Waals surface area contributed by atoms with Crippen molar-refractivity contribution in [1.82, 2.24) is 14.6 Å². The topological polar surface area (TPSA) is 67.5 Å². The summed E-state index contributed by atoms with van der Waals surface area (Å²) in [6, 6.07) is 5.65. The van der Waals surface area contributed by atoms with Crippen molar-refractivity contribution in [3.05, 3.63) is 24.4 Å². The van der Waals surface area contributed by atoms with Crippen LogP contribution in [0.15, 0.2) is 29.6 Å². The third-order valence-corrected chi connectivity index (χ3v) is 3.94. The zero-order chi connectivity index (χ0) is 12.4. The summed E-state index contributed by atoms with van der Waals surface area (Å²) in [5.41, 5.74) is 0.769. The van der Waals surface area contributed by atoms with E-state index in [1.807, 2.05) is 35.7 Å². The molecule has 0 bridgehead atoms. The van der Waals surface area contributed by atoms with Gasteiger partial charge in [0.05, 0.1) is 5.92 Å². The number of carboxylic acid groups (broad SMARTS) is 1. The van der Waals surface area contributed by atoms with Crippen LogP contribution < -0.4 is 0 Å². The predicted octanol–water partition coefficient (Wildman–Crippen LogP) is 1.93. The first-order valence-corrected chi connectivity index (χ1v) is 6.17. The molecule has 0 fully saturated rings. The number of aliphatic carboxylic acids is 1. The highest BCUT2D eigenvalue weighted by Crippen LogP contribution is 2.26. The summed E-state index contributed by atoms with van der Waals surface area (Å²) in [6.07, 6.45) is 1.87. The van der Waals surface area contributed by atoms with Crippen molar-refractivity contribution in [3.8, 4) is 0 Å². The highest BCUT2D eigenvalue weighted by molar-refractivity contribution is 7.99. The second-order valence-corrected chi connectivity index (χ2v) is 5.21. The molecule has 5 nitrogen and oxygen atoms in total. The molecule has 1 N–H and O–H groups in total. The van der Waals surface area contributed by atoms with Gasteiger partial charge in [-0.15, -0.1) is 10.2 Å². The Morgan fingerprint density at radius 3 is 2.88 bits per heavy atom. The van der Waals surface area contributed by atoms with Gasteiger partial charge in [0.2, 0.25) is 0 Å². The maximum Gasteiger partial charge on any atom is 0.307 e. The smallest absolute Gasteiger partial charge is 0.307 e. The summed E-state index contributed by atoms with van der Waals surface area (Å²) in [4.78, 5) is 10.9. The van der Waals surface area contributed by atoms with E-state index in [-0.39, 0.29) is 5.25 Å². The second-order valence-electron chi connectivity index (χ2n) is 3.86. The number of hydrogen-bond acceptors (Lipinski definition) is 4. The SMILES string of the molecule is CC(Sc1nnc2ccccn12)C(C)C(=O)O. The number of nitrogens with zero attached hydrogens (tertiary/aromatic N) is 3. The van der Waals surface area contributed by atoms with Gasteiger partial charge >= 0.3 is 5.97 Å². The number of thioether (sulfide) groups is 1. The molecule has 17 heavy (non-hydrogen) atoms. The van der Waals surface area contributed by atoms with E-state index in [1.54, 1.807) is 6.92 Å². The standard InChI is InChI=1S/C11H13N3O2S/c1-7(10(15)16)8(2)17-11-13-12-9-5-3-4-6-14(9)11/h3-8H,1-2H3,(H,15,16). The highest BCUT2D eigenvalue weighted by Gasteiger charge is 2.22. The van der Waals surface area contributed by atoms with Gasteiger partial charge < -0.3 is 5.11 Å². The van der Waals surface area contributed by atoms with Crippen LogP contribution in [0, 0.1) is 5.92 Å². The summed E-state index contributed by atoms with van der Waals surface area (Å²) in [5, 5.41) is 17.7. The molecule has 0 aliphatic rings. The van der Waals surface area contributed by atoms with E-state index < -0.39 is 11.9 Å². The average Bonchev–Trinajstić information content (AvgIpc) is 2.71. The van der Waals surface area contributed by atoms with Crippen LogP contribution in [-0.2, 0) is 4.79 Å². The Balaban J connectivity index is 2.21. The molecule has 0 spiro atoms. The third-order valence-electron chi connectivity index (χ3n) is 2.67. The van der Waals surface area contributed by atoms with Gasteiger partial charge in [0.1, 0.15) is 0 Å². The van der Waals surface area contributed by atoms with E-state index in [2.05, 4.69) is 10.2 Å². The van der Waals surface area contributed by atoms with E-state index in [9.17, 15) is 4.79 Å². The minimum Gasteiger partial charge on any atom is -0.481 e. The van der Waals surface area contributed by atoms with Crippen molar-refractivity contribution in [1.29, 1.82) is 0 Å². The van der Waals surface area contributed by atoms with Gasteiger partial charge in [0.25, 0.3) is 0 Å². The van der Waals surface area contributed by atoms with Crippen molar-refractivity contribution < 1.29 is 9.90 Å². The first-order chi connectivity index (χ1) is 8.09. The molecule has 0 aliphatic carbocycles. The van der Waals surface area contributed by atoms with E-state index in [4.69, 9.17) is 5.11 Å². The van der Waals surface area contributed by atoms with E-state index in [1.165, 1.54) is 11.8 Å². The number of carbonyl (C=O) groups is 1. The van der Waals surface area contributed by atoms with Crippen LogP contribution in [0.3, 0.4) is 0 Å². The Kier molecular flexibility index (Phi) is 3.33. The van der Waals surface area contributed by atoms with E-state index >= 15 is 0 Å². The molecule has 2 heterocycles. The highest BCUT2D eigenvalue weighted by atomic mass is 32.2. The lowest BCUT2D eigenvalue weighted by molar-refractivity contribution is -0.140. The molecule has 0 saturated carbocycles. The Bertz CT molecular complexity index is 540. The summed E-state index contributed by atoms with van der Waals surface area (Å²) in [7, 11) is 0. The maximum absolute atomic E-state index is 10.9.